The molecule has 0 fully saturated rings. The molecule has 0 saturated carbocycles. The number of benzene rings is 1. The van der Waals surface area contributed by atoms with Gasteiger partial charge >= 0.3 is 12.1 Å². The second-order valence-corrected chi connectivity index (χ2v) is 5.46. The number of aromatic nitrogens is 3. The summed E-state index contributed by atoms with van der Waals surface area (Å²) in [6.45, 7) is -1.24. The van der Waals surface area contributed by atoms with Crippen LogP contribution < -0.4 is 0 Å². The van der Waals surface area contributed by atoms with E-state index in [9.17, 15) is 31.1 Å². The molecule has 2 aromatic heterocycles. The number of hydrogen-bond acceptors (Lipinski definition) is 3. The molecule has 0 unspecified atom stereocenters. The lowest BCUT2D eigenvalue weighted by molar-refractivity contribution is -0.147. The molecule has 3 rings (SSSR count). The van der Waals surface area contributed by atoms with Crippen LogP contribution in [0.5, 0.6) is 0 Å². The van der Waals surface area contributed by atoms with E-state index in [1.165, 1.54) is 0 Å². The van der Waals surface area contributed by atoms with Gasteiger partial charge in [0.2, 0.25) is 5.82 Å². The van der Waals surface area contributed by atoms with Crippen molar-refractivity contribution in [2.24, 2.45) is 0 Å². The zero-order valence-corrected chi connectivity index (χ0v) is 13.1. The Hall–Kier alpha value is -3.11. The maximum absolute atomic E-state index is 13.9. The zero-order valence-electron chi connectivity index (χ0n) is 13.1. The molecule has 0 saturated heterocycles. The molecule has 142 valence electrons. The van der Waals surface area contributed by atoms with Gasteiger partial charge in [0.05, 0.1) is 23.3 Å². The van der Waals surface area contributed by atoms with Gasteiger partial charge < -0.3 is 9.67 Å². The van der Waals surface area contributed by atoms with Gasteiger partial charge in [-0.1, -0.05) is 6.07 Å². The zero-order chi connectivity index (χ0) is 19.9. The van der Waals surface area contributed by atoms with Crippen molar-refractivity contribution < 1.29 is 36.2 Å². The van der Waals surface area contributed by atoms with E-state index in [2.05, 4.69) is 9.97 Å². The molecular weight excluding hydrogens is 380 g/mol. The van der Waals surface area contributed by atoms with Crippen molar-refractivity contribution in [2.75, 3.05) is 0 Å². The van der Waals surface area contributed by atoms with Crippen LogP contribution in [0.2, 0.25) is 0 Å². The molecule has 0 aliphatic carbocycles. The minimum Gasteiger partial charge on any atom is -0.478 e. The molecule has 0 radical (unpaired) electrons. The monoisotopic (exact) mass is 389 g/mol. The molecule has 0 spiro atoms. The van der Waals surface area contributed by atoms with E-state index in [0.717, 1.165) is 30.5 Å². The summed E-state index contributed by atoms with van der Waals surface area (Å²) in [6, 6.07) is 3.94. The van der Waals surface area contributed by atoms with Crippen LogP contribution in [0.3, 0.4) is 0 Å². The first-order chi connectivity index (χ1) is 12.6. The van der Waals surface area contributed by atoms with E-state index in [1.54, 1.807) is 0 Å². The number of pyridine rings is 1. The van der Waals surface area contributed by atoms with Gasteiger partial charge in [0.25, 0.3) is 6.43 Å². The third-order valence-electron chi connectivity index (χ3n) is 3.71. The Morgan fingerprint density at radius 2 is 1.93 bits per heavy atom. The number of carbonyl (C=O) groups is 1. The average Bonchev–Trinajstić information content (AvgIpc) is 2.92. The van der Waals surface area contributed by atoms with E-state index in [-0.39, 0.29) is 22.3 Å². The lowest BCUT2D eigenvalue weighted by atomic mass is 10.1. The summed E-state index contributed by atoms with van der Waals surface area (Å²) in [4.78, 5) is 18.1. The van der Waals surface area contributed by atoms with Crippen LogP contribution >= 0.6 is 0 Å². The fourth-order valence-electron chi connectivity index (χ4n) is 2.64. The molecule has 1 N–H and O–H groups in total. The predicted molar refractivity (Wildman–Crippen MR) is 80.9 cm³/mol. The summed E-state index contributed by atoms with van der Waals surface area (Å²) in [7, 11) is 0. The topological polar surface area (TPSA) is 68.0 Å². The number of carboxylic acids is 1. The number of carboxylic acid groups (broad SMARTS) is 1. The first-order valence-electron chi connectivity index (χ1n) is 7.33. The van der Waals surface area contributed by atoms with Crippen LogP contribution in [0.1, 0.15) is 16.2 Å². The van der Waals surface area contributed by atoms with Gasteiger partial charge in [0, 0.05) is 11.8 Å². The SMILES string of the molecule is O=C(O)c1ccc(-c2nccc3c2nc(C(F)(F)F)n3CC(F)F)cc1F. The highest BCUT2D eigenvalue weighted by Crippen LogP contribution is 2.35. The largest absolute Gasteiger partial charge is 0.478 e. The second-order valence-electron chi connectivity index (χ2n) is 5.46. The predicted octanol–water partition coefficient (Wildman–Crippen LogP) is 4.22. The van der Waals surface area contributed by atoms with Gasteiger partial charge in [-0.05, 0) is 18.2 Å². The number of imidazole rings is 1. The molecule has 1 aromatic carbocycles. The quantitative estimate of drug-likeness (QED) is 0.679. The number of hydrogen-bond donors (Lipinski definition) is 1. The van der Waals surface area contributed by atoms with Crippen molar-refractivity contribution in [1.82, 2.24) is 14.5 Å². The number of halogens is 6. The van der Waals surface area contributed by atoms with E-state index in [0.29, 0.717) is 4.57 Å². The normalized spacial score (nSPS) is 12.1. The molecule has 3 aromatic rings. The highest BCUT2D eigenvalue weighted by molar-refractivity contribution is 5.92. The van der Waals surface area contributed by atoms with E-state index in [1.807, 2.05) is 0 Å². The molecule has 11 heteroatoms. The Bertz CT molecular complexity index is 1030. The van der Waals surface area contributed by atoms with Gasteiger partial charge in [0.1, 0.15) is 11.3 Å². The molecule has 27 heavy (non-hydrogen) atoms. The third-order valence-corrected chi connectivity index (χ3v) is 3.71. The summed E-state index contributed by atoms with van der Waals surface area (Å²) in [5, 5.41) is 8.84. The summed E-state index contributed by atoms with van der Waals surface area (Å²) in [5.41, 5.74) is -1.48. The molecule has 0 atom stereocenters. The van der Waals surface area contributed by atoms with Crippen molar-refractivity contribution in [1.29, 1.82) is 0 Å². The first-order valence-corrected chi connectivity index (χ1v) is 7.33. The summed E-state index contributed by atoms with van der Waals surface area (Å²) in [6.07, 6.45) is -6.99. The molecule has 0 aliphatic heterocycles. The summed E-state index contributed by atoms with van der Waals surface area (Å²) >= 11 is 0. The van der Waals surface area contributed by atoms with Gasteiger partial charge in [-0.3, -0.25) is 4.98 Å². The summed E-state index contributed by atoms with van der Waals surface area (Å²) < 4.78 is 79.4. The Balaban J connectivity index is 2.25. The van der Waals surface area contributed by atoms with Crippen molar-refractivity contribution in [3.8, 4) is 11.3 Å². The fraction of sp³-hybridized carbons (Fsp3) is 0.188. The number of nitrogens with zero attached hydrogens (tertiary/aromatic N) is 3. The number of fused-ring (bicyclic) bond motifs is 1. The maximum Gasteiger partial charge on any atom is 0.449 e. The van der Waals surface area contributed by atoms with Crippen molar-refractivity contribution in [2.45, 2.75) is 19.1 Å². The van der Waals surface area contributed by atoms with Crippen molar-refractivity contribution >= 4 is 17.0 Å². The van der Waals surface area contributed by atoms with Gasteiger partial charge in [-0.2, -0.15) is 13.2 Å². The molecule has 0 bridgehead atoms. The van der Waals surface area contributed by atoms with Crippen LogP contribution in [0.15, 0.2) is 30.5 Å². The van der Waals surface area contributed by atoms with Crippen molar-refractivity contribution in [3.63, 3.8) is 0 Å². The Labute approximate surface area is 146 Å². The minimum atomic E-state index is -5.00. The number of rotatable bonds is 4. The third kappa shape index (κ3) is 3.44. The summed E-state index contributed by atoms with van der Waals surface area (Å²) in [5.74, 6) is -4.18. The first kappa shape index (κ1) is 18.7. The lowest BCUT2D eigenvalue weighted by Crippen LogP contribution is -2.17. The number of aromatic carboxylic acids is 1. The highest BCUT2D eigenvalue weighted by Gasteiger charge is 2.38. The van der Waals surface area contributed by atoms with E-state index >= 15 is 0 Å². The fourth-order valence-corrected chi connectivity index (χ4v) is 2.64. The molecule has 5 nitrogen and oxygen atoms in total. The Kier molecular flexibility index (Phi) is 4.54. The van der Waals surface area contributed by atoms with Crippen LogP contribution in [0.4, 0.5) is 26.3 Å². The maximum atomic E-state index is 13.9. The standard InChI is InChI=1S/C16H9F6N3O2/c17-9-5-7(1-2-8(9)14(26)27)12-13-10(3-4-23-12)25(6-11(18)19)15(24-13)16(20,21)22/h1-5,11H,6H2,(H,26,27). The highest BCUT2D eigenvalue weighted by atomic mass is 19.4. The Morgan fingerprint density at radius 1 is 1.22 bits per heavy atom. The molecular formula is C16H9F6N3O2. The lowest BCUT2D eigenvalue weighted by Gasteiger charge is -2.10. The number of alkyl halides is 5. The van der Waals surface area contributed by atoms with Crippen LogP contribution in [0, 0.1) is 5.82 Å². The minimum absolute atomic E-state index is 0.0430. The second kappa shape index (κ2) is 6.56. The van der Waals surface area contributed by atoms with E-state index in [4.69, 9.17) is 5.11 Å². The van der Waals surface area contributed by atoms with Gasteiger partial charge in [-0.25, -0.2) is 22.9 Å². The van der Waals surface area contributed by atoms with Gasteiger partial charge in [-0.15, -0.1) is 0 Å². The smallest absolute Gasteiger partial charge is 0.449 e. The molecule has 0 amide bonds. The van der Waals surface area contributed by atoms with Crippen LogP contribution in [-0.4, -0.2) is 32.0 Å². The van der Waals surface area contributed by atoms with Crippen molar-refractivity contribution in [3.05, 3.63) is 47.7 Å². The Morgan fingerprint density at radius 3 is 2.48 bits per heavy atom. The molecule has 0 aliphatic rings. The van der Waals surface area contributed by atoms with Gasteiger partial charge in [0.15, 0.2) is 0 Å². The average molecular weight is 389 g/mol. The van der Waals surface area contributed by atoms with E-state index < -0.39 is 42.3 Å². The van der Waals surface area contributed by atoms with Crippen LogP contribution in [0.25, 0.3) is 22.3 Å². The van der Waals surface area contributed by atoms with Crippen LogP contribution in [-0.2, 0) is 12.7 Å². The molecule has 2 heterocycles.